The van der Waals surface area contributed by atoms with Crippen molar-refractivity contribution < 1.29 is 21.7 Å². The SMILES string of the molecule is CC1=[C-]C(C)([Si](CC(C)C)(c2ccccc2)c2cc(C)cc([Si](C)(C)C)c2)C(C)=C1C.[CH3-].[CH3-].[CH3-].[Ti+4]. The van der Waals surface area contributed by atoms with Gasteiger partial charge in [-0.05, 0) is 18.9 Å². The quantitative estimate of drug-likeness (QED) is 0.258. The minimum Gasteiger partial charge on any atom is -0.358 e. The van der Waals surface area contributed by atoms with Crippen LogP contribution in [0.25, 0.3) is 0 Å². The van der Waals surface area contributed by atoms with E-state index in [1.54, 1.807) is 15.6 Å². The topological polar surface area (TPSA) is 0 Å². The summed E-state index contributed by atoms with van der Waals surface area (Å²) in [6.45, 7) is 24.0. The molecule has 35 heavy (non-hydrogen) atoms. The number of hydrogen-bond acceptors (Lipinski definition) is 0. The second-order valence-electron chi connectivity index (χ2n) is 11.3. The van der Waals surface area contributed by atoms with Crippen LogP contribution in [0, 0.1) is 41.2 Å². The van der Waals surface area contributed by atoms with E-state index < -0.39 is 16.1 Å². The van der Waals surface area contributed by atoms with Gasteiger partial charge in [0.25, 0.3) is 0 Å². The summed E-state index contributed by atoms with van der Waals surface area (Å²) in [6.07, 6.45) is 4.07. The van der Waals surface area contributed by atoms with Crippen molar-refractivity contribution in [2.24, 2.45) is 5.92 Å². The summed E-state index contributed by atoms with van der Waals surface area (Å²) in [5.41, 5.74) is 5.72. The second kappa shape index (κ2) is 13.0. The fraction of sp³-hybridized carbons (Fsp3) is 0.406. The first-order chi connectivity index (χ1) is 14.3. The van der Waals surface area contributed by atoms with Crippen molar-refractivity contribution in [2.75, 3.05) is 0 Å². The third kappa shape index (κ3) is 6.50. The molecule has 0 spiro atoms. The minimum atomic E-state index is -2.26. The fourth-order valence-corrected chi connectivity index (χ4v) is 13.5. The van der Waals surface area contributed by atoms with Gasteiger partial charge in [-0.15, -0.1) is 6.92 Å². The van der Waals surface area contributed by atoms with E-state index in [1.165, 1.54) is 28.3 Å². The Morgan fingerprint density at radius 1 is 0.800 bits per heavy atom. The van der Waals surface area contributed by atoms with Crippen LogP contribution in [0.15, 0.2) is 65.3 Å². The number of hydrogen-bond donors (Lipinski definition) is 0. The second-order valence-corrected chi connectivity index (χ2v) is 20.8. The van der Waals surface area contributed by atoms with Crippen LogP contribution in [0.4, 0.5) is 0 Å². The molecule has 0 amide bonds. The van der Waals surface area contributed by atoms with Gasteiger partial charge >= 0.3 is 21.7 Å². The summed E-state index contributed by atoms with van der Waals surface area (Å²) in [5.74, 6) is 0.621. The molecular formula is C32H50Si2Ti. The molecule has 0 saturated carbocycles. The number of allylic oxidation sites excluding steroid dienone is 4. The van der Waals surface area contributed by atoms with E-state index in [0.29, 0.717) is 5.92 Å². The molecule has 0 bridgehead atoms. The largest absolute Gasteiger partial charge is 4.00 e. The minimum absolute atomic E-state index is 0. The molecular weight excluding hydrogens is 488 g/mol. The Balaban J connectivity index is 0. The fourth-order valence-electron chi connectivity index (χ4n) is 5.63. The third-order valence-electron chi connectivity index (χ3n) is 7.58. The van der Waals surface area contributed by atoms with Crippen LogP contribution in [0.1, 0.15) is 47.1 Å². The van der Waals surface area contributed by atoms with Gasteiger partial charge in [0.1, 0.15) is 8.07 Å². The molecule has 0 fully saturated rings. The Labute approximate surface area is 236 Å². The standard InChI is InChI=1S/C29H41Si2.3CH3.Ti/c1-21(2)20-31(26-14-12-11-13-15-26,29(7)19-23(4)24(5)25(29)6)28-17-22(3)16-27(18-28)30(8,9)10;;;;/h11-18,21H,20H2,1-10H3;3*1H3;/q4*-1;+4. The molecule has 2 atom stereocenters. The Kier molecular flexibility index (Phi) is 13.5. The van der Waals surface area contributed by atoms with E-state index in [2.05, 4.69) is 123 Å². The van der Waals surface area contributed by atoms with Crippen molar-refractivity contribution in [2.45, 2.75) is 79.2 Å². The van der Waals surface area contributed by atoms with Crippen molar-refractivity contribution in [3.8, 4) is 0 Å². The molecule has 0 aromatic heterocycles. The molecule has 0 saturated heterocycles. The van der Waals surface area contributed by atoms with Gasteiger partial charge in [0, 0.05) is 0 Å². The van der Waals surface area contributed by atoms with Crippen molar-refractivity contribution >= 4 is 31.7 Å². The predicted octanol–water partition coefficient (Wildman–Crippen LogP) is 7.97. The first kappa shape index (κ1) is 36.2. The Morgan fingerprint density at radius 3 is 1.74 bits per heavy atom. The molecule has 2 unspecified atom stereocenters. The third-order valence-corrected chi connectivity index (χ3v) is 15.8. The van der Waals surface area contributed by atoms with Crippen LogP contribution in [0.3, 0.4) is 0 Å². The summed E-state index contributed by atoms with van der Waals surface area (Å²) in [5, 5.41) is 4.69. The van der Waals surface area contributed by atoms with Crippen LogP contribution in [0.2, 0.25) is 30.7 Å². The molecule has 3 heteroatoms. The zero-order valence-electron chi connectivity index (χ0n) is 24.9. The molecule has 0 N–H and O–H groups in total. The van der Waals surface area contributed by atoms with Crippen LogP contribution in [0.5, 0.6) is 0 Å². The molecule has 0 aliphatic heterocycles. The van der Waals surface area contributed by atoms with E-state index in [0.717, 1.165) is 0 Å². The average molecular weight is 539 g/mol. The molecule has 3 rings (SSSR count). The summed E-state index contributed by atoms with van der Waals surface area (Å²) in [6, 6.07) is 20.3. The first-order valence-corrected chi connectivity index (χ1v) is 17.5. The van der Waals surface area contributed by atoms with Crippen molar-refractivity contribution in [1.82, 2.24) is 0 Å². The van der Waals surface area contributed by atoms with Gasteiger partial charge in [0.2, 0.25) is 0 Å². The predicted molar refractivity (Wildman–Crippen MR) is 164 cm³/mol. The Bertz CT molecular complexity index is 1030. The molecule has 2 aromatic rings. The Morgan fingerprint density at radius 2 is 1.31 bits per heavy atom. The maximum Gasteiger partial charge on any atom is 4.00 e. The maximum absolute atomic E-state index is 4.07. The zero-order valence-corrected chi connectivity index (χ0v) is 28.5. The van der Waals surface area contributed by atoms with E-state index in [4.69, 9.17) is 0 Å². The van der Waals surface area contributed by atoms with E-state index in [1.807, 2.05) is 0 Å². The van der Waals surface area contributed by atoms with Gasteiger partial charge in [-0.2, -0.15) is 11.1 Å². The normalized spacial score (nSPS) is 19.0. The number of rotatable bonds is 6. The van der Waals surface area contributed by atoms with E-state index >= 15 is 0 Å². The Hall–Kier alpha value is -0.932. The van der Waals surface area contributed by atoms with Gasteiger partial charge in [-0.3, -0.25) is 6.08 Å². The monoisotopic (exact) mass is 538 g/mol. The van der Waals surface area contributed by atoms with E-state index in [-0.39, 0.29) is 49.0 Å². The smallest absolute Gasteiger partial charge is 0.358 e. The van der Waals surface area contributed by atoms with Crippen molar-refractivity contribution in [3.05, 3.63) is 99.2 Å². The maximum atomic E-state index is 4.07. The molecule has 1 aliphatic rings. The molecule has 1 aliphatic carbocycles. The molecule has 0 nitrogen and oxygen atoms in total. The number of aryl methyl sites for hydroxylation is 1. The van der Waals surface area contributed by atoms with Gasteiger partial charge in [-0.1, -0.05) is 129 Å². The van der Waals surface area contributed by atoms with Crippen molar-refractivity contribution in [3.63, 3.8) is 0 Å². The van der Waals surface area contributed by atoms with Crippen LogP contribution in [-0.2, 0) is 21.7 Å². The molecule has 2 aromatic carbocycles. The average Bonchev–Trinajstić information content (AvgIpc) is 2.89. The van der Waals surface area contributed by atoms with Gasteiger partial charge in [0.15, 0.2) is 0 Å². The molecule has 190 valence electrons. The summed E-state index contributed by atoms with van der Waals surface area (Å²) < 4.78 is 0. The molecule has 0 heterocycles. The first-order valence-electron chi connectivity index (χ1n) is 11.8. The summed E-state index contributed by atoms with van der Waals surface area (Å²) in [4.78, 5) is 0. The van der Waals surface area contributed by atoms with Crippen LogP contribution in [-0.4, -0.2) is 16.1 Å². The van der Waals surface area contributed by atoms with E-state index in [9.17, 15) is 0 Å². The number of benzene rings is 2. The van der Waals surface area contributed by atoms with Crippen LogP contribution < -0.4 is 15.6 Å². The van der Waals surface area contributed by atoms with Crippen LogP contribution >= 0.6 is 0 Å². The van der Waals surface area contributed by atoms with Crippen molar-refractivity contribution in [1.29, 1.82) is 0 Å². The van der Waals surface area contributed by atoms with Gasteiger partial charge in [0.05, 0.1) is 8.07 Å². The zero-order chi connectivity index (χ0) is 23.2. The summed E-state index contributed by atoms with van der Waals surface area (Å²) >= 11 is 0. The molecule has 0 radical (unpaired) electrons. The van der Waals surface area contributed by atoms with Gasteiger partial charge < -0.3 is 22.3 Å². The summed E-state index contributed by atoms with van der Waals surface area (Å²) in [7, 11) is -3.70. The van der Waals surface area contributed by atoms with Gasteiger partial charge in [-0.25, -0.2) is 5.57 Å².